The van der Waals surface area contributed by atoms with Gasteiger partial charge in [-0.1, -0.05) is 61.4 Å². The lowest BCUT2D eigenvalue weighted by atomic mass is 10.0. The minimum absolute atomic E-state index is 0.0218. The quantitative estimate of drug-likeness (QED) is 0.883. The van der Waals surface area contributed by atoms with E-state index in [1.54, 1.807) is 0 Å². The molecule has 1 fully saturated rings. The highest BCUT2D eigenvalue weighted by Gasteiger charge is 2.17. The molecule has 0 saturated heterocycles. The summed E-state index contributed by atoms with van der Waals surface area (Å²) in [6.07, 6.45) is 5.42. The molecule has 1 N–H and O–H groups in total. The van der Waals surface area contributed by atoms with Crippen molar-refractivity contribution in [3.63, 3.8) is 0 Å². The van der Waals surface area contributed by atoms with E-state index in [0.29, 0.717) is 6.04 Å². The molecule has 2 aromatic carbocycles. The summed E-state index contributed by atoms with van der Waals surface area (Å²) in [4.78, 5) is 12.0. The Bertz CT molecular complexity index is 633. The normalized spacial score (nSPS) is 14.6. The van der Waals surface area contributed by atoms with Crippen molar-refractivity contribution >= 4 is 5.91 Å². The van der Waals surface area contributed by atoms with Crippen LogP contribution in [0.2, 0.25) is 0 Å². The van der Waals surface area contributed by atoms with Gasteiger partial charge in [0.05, 0.1) is 0 Å². The van der Waals surface area contributed by atoms with E-state index in [1.165, 1.54) is 18.4 Å². The zero-order valence-corrected chi connectivity index (χ0v) is 13.3. The highest BCUT2D eigenvalue weighted by molar-refractivity contribution is 5.77. The summed E-state index contributed by atoms with van der Waals surface area (Å²) in [5.41, 5.74) is 2.34. The van der Waals surface area contributed by atoms with Gasteiger partial charge in [-0.3, -0.25) is 4.79 Å². The van der Waals surface area contributed by atoms with E-state index in [1.807, 2.05) is 36.4 Å². The van der Waals surface area contributed by atoms with E-state index in [-0.39, 0.29) is 12.5 Å². The van der Waals surface area contributed by atoms with Crippen LogP contribution >= 0.6 is 0 Å². The molecule has 3 rings (SSSR count). The number of nitrogens with one attached hydrogen (secondary N) is 1. The van der Waals surface area contributed by atoms with Crippen LogP contribution in [0.3, 0.4) is 0 Å². The Morgan fingerprint density at radius 3 is 2.48 bits per heavy atom. The first kappa shape index (κ1) is 15.6. The zero-order valence-electron chi connectivity index (χ0n) is 13.3. The molecule has 0 aromatic heterocycles. The molecule has 0 spiro atoms. The molecule has 0 unspecified atom stereocenters. The van der Waals surface area contributed by atoms with Crippen molar-refractivity contribution in [1.82, 2.24) is 5.32 Å². The Kier molecular flexibility index (Phi) is 5.30. The van der Waals surface area contributed by atoms with Crippen LogP contribution in [0.5, 0.6) is 5.75 Å². The Morgan fingerprint density at radius 1 is 1.00 bits per heavy atom. The lowest BCUT2D eigenvalue weighted by Gasteiger charge is -2.14. The molecule has 1 aliphatic carbocycles. The van der Waals surface area contributed by atoms with Crippen LogP contribution in [0.1, 0.15) is 36.8 Å². The van der Waals surface area contributed by atoms with Gasteiger partial charge >= 0.3 is 0 Å². The molecule has 1 saturated carbocycles. The molecule has 0 radical (unpaired) electrons. The van der Waals surface area contributed by atoms with E-state index in [4.69, 9.17) is 4.74 Å². The fourth-order valence-electron chi connectivity index (χ4n) is 3.09. The second kappa shape index (κ2) is 7.82. The van der Waals surface area contributed by atoms with Crippen LogP contribution in [0.4, 0.5) is 0 Å². The van der Waals surface area contributed by atoms with Gasteiger partial charge in [-0.25, -0.2) is 0 Å². The Balaban J connectivity index is 1.58. The predicted octanol–water partition coefficient (Wildman–Crippen LogP) is 3.72. The molecular weight excluding hydrogens is 286 g/mol. The van der Waals surface area contributed by atoms with Gasteiger partial charge in [0.2, 0.25) is 0 Å². The SMILES string of the molecule is O=C(COc1ccccc1Cc1ccccc1)NC1CCCC1. The first-order chi connectivity index (χ1) is 11.3. The number of amides is 1. The number of benzene rings is 2. The number of carbonyl (C=O) groups is 1. The predicted molar refractivity (Wildman–Crippen MR) is 91.6 cm³/mol. The minimum atomic E-state index is -0.0218. The number of ether oxygens (including phenoxy) is 1. The van der Waals surface area contributed by atoms with Gasteiger partial charge in [0.15, 0.2) is 6.61 Å². The van der Waals surface area contributed by atoms with Crippen LogP contribution in [-0.2, 0) is 11.2 Å². The van der Waals surface area contributed by atoms with E-state index < -0.39 is 0 Å². The van der Waals surface area contributed by atoms with Crippen molar-refractivity contribution in [2.75, 3.05) is 6.61 Å². The third-order valence-corrected chi connectivity index (χ3v) is 4.29. The second-order valence-electron chi connectivity index (χ2n) is 6.11. The van der Waals surface area contributed by atoms with Gasteiger partial charge in [0.1, 0.15) is 5.75 Å². The fraction of sp³-hybridized carbons (Fsp3) is 0.350. The van der Waals surface area contributed by atoms with Crippen molar-refractivity contribution < 1.29 is 9.53 Å². The molecule has 0 atom stereocenters. The average molecular weight is 309 g/mol. The maximum Gasteiger partial charge on any atom is 0.258 e. The van der Waals surface area contributed by atoms with Crippen LogP contribution in [0.15, 0.2) is 54.6 Å². The zero-order chi connectivity index (χ0) is 15.9. The van der Waals surface area contributed by atoms with Crippen LogP contribution in [0.25, 0.3) is 0 Å². The summed E-state index contributed by atoms with van der Waals surface area (Å²) in [6, 6.07) is 18.6. The van der Waals surface area contributed by atoms with Crippen molar-refractivity contribution in [2.24, 2.45) is 0 Å². The number of hydrogen-bond donors (Lipinski definition) is 1. The maximum atomic E-state index is 12.0. The molecule has 120 valence electrons. The highest BCUT2D eigenvalue weighted by atomic mass is 16.5. The van der Waals surface area contributed by atoms with Crippen LogP contribution in [-0.4, -0.2) is 18.6 Å². The number of para-hydroxylation sites is 1. The lowest BCUT2D eigenvalue weighted by Crippen LogP contribution is -2.36. The van der Waals surface area contributed by atoms with Crippen molar-refractivity contribution in [2.45, 2.75) is 38.1 Å². The molecule has 23 heavy (non-hydrogen) atoms. The molecule has 3 heteroatoms. The van der Waals surface area contributed by atoms with Gasteiger partial charge in [-0.15, -0.1) is 0 Å². The number of hydrogen-bond acceptors (Lipinski definition) is 2. The largest absolute Gasteiger partial charge is 0.483 e. The minimum Gasteiger partial charge on any atom is -0.483 e. The lowest BCUT2D eigenvalue weighted by molar-refractivity contribution is -0.123. The van der Waals surface area contributed by atoms with Crippen molar-refractivity contribution in [3.8, 4) is 5.75 Å². The summed E-state index contributed by atoms with van der Waals surface area (Å²) in [5, 5.41) is 3.05. The van der Waals surface area contributed by atoms with Gasteiger partial charge in [-0.2, -0.15) is 0 Å². The summed E-state index contributed by atoms with van der Waals surface area (Å²) in [5.74, 6) is 0.768. The summed E-state index contributed by atoms with van der Waals surface area (Å²) in [7, 11) is 0. The monoisotopic (exact) mass is 309 g/mol. The standard InChI is InChI=1S/C20H23NO2/c22-20(21-18-11-5-6-12-18)15-23-19-13-7-4-10-17(19)14-16-8-2-1-3-9-16/h1-4,7-10,13,18H,5-6,11-12,14-15H2,(H,21,22). The summed E-state index contributed by atoms with van der Waals surface area (Å²) >= 11 is 0. The van der Waals surface area contributed by atoms with Gasteiger partial charge < -0.3 is 10.1 Å². The number of carbonyl (C=O) groups excluding carboxylic acids is 1. The van der Waals surface area contributed by atoms with Gasteiger partial charge in [-0.05, 0) is 30.0 Å². The molecule has 2 aromatic rings. The first-order valence-corrected chi connectivity index (χ1v) is 8.35. The topological polar surface area (TPSA) is 38.3 Å². The van der Waals surface area contributed by atoms with Crippen LogP contribution in [0, 0.1) is 0 Å². The van der Waals surface area contributed by atoms with E-state index in [9.17, 15) is 4.79 Å². The van der Waals surface area contributed by atoms with E-state index in [2.05, 4.69) is 23.5 Å². The van der Waals surface area contributed by atoms with Gasteiger partial charge in [0.25, 0.3) is 5.91 Å². The van der Waals surface area contributed by atoms with E-state index >= 15 is 0 Å². The molecule has 3 nitrogen and oxygen atoms in total. The molecule has 0 aliphatic heterocycles. The van der Waals surface area contributed by atoms with Gasteiger partial charge in [0, 0.05) is 12.5 Å². The third-order valence-electron chi connectivity index (χ3n) is 4.29. The molecule has 0 heterocycles. The second-order valence-corrected chi connectivity index (χ2v) is 6.11. The molecular formula is C20H23NO2. The van der Waals surface area contributed by atoms with Crippen molar-refractivity contribution in [1.29, 1.82) is 0 Å². The van der Waals surface area contributed by atoms with E-state index in [0.717, 1.165) is 30.6 Å². The maximum absolute atomic E-state index is 12.0. The fourth-order valence-corrected chi connectivity index (χ4v) is 3.09. The molecule has 1 aliphatic rings. The Hall–Kier alpha value is -2.29. The van der Waals surface area contributed by atoms with Crippen LogP contribution < -0.4 is 10.1 Å². The summed E-state index contributed by atoms with van der Waals surface area (Å²) in [6.45, 7) is 0.0856. The first-order valence-electron chi connectivity index (χ1n) is 8.35. The van der Waals surface area contributed by atoms with Crippen molar-refractivity contribution in [3.05, 3.63) is 65.7 Å². The average Bonchev–Trinajstić information content (AvgIpc) is 3.08. The Morgan fingerprint density at radius 2 is 1.70 bits per heavy atom. The summed E-state index contributed by atoms with van der Waals surface area (Å²) < 4.78 is 5.77. The number of rotatable bonds is 6. The Labute approximate surface area is 137 Å². The third kappa shape index (κ3) is 4.59. The highest BCUT2D eigenvalue weighted by Crippen LogP contribution is 2.21. The molecule has 1 amide bonds. The smallest absolute Gasteiger partial charge is 0.258 e. The molecule has 0 bridgehead atoms.